The van der Waals surface area contributed by atoms with Gasteiger partial charge in [-0.3, -0.25) is 0 Å². The minimum Gasteiger partial charge on any atom is -0.396 e. The van der Waals surface area contributed by atoms with Crippen molar-refractivity contribution in [2.45, 2.75) is 32.5 Å². The lowest BCUT2D eigenvalue weighted by Crippen LogP contribution is -2.24. The summed E-state index contributed by atoms with van der Waals surface area (Å²) < 4.78 is 0. The first kappa shape index (κ1) is 9.88. The predicted molar refractivity (Wildman–Crippen MR) is 38.6 cm³/mol. The van der Waals surface area contributed by atoms with Crippen LogP contribution < -0.4 is 0 Å². The predicted octanol–water partition coefficient (Wildman–Crippen LogP) is -0.253. The molecule has 0 bridgehead atoms. The van der Waals surface area contributed by atoms with Gasteiger partial charge in [0.2, 0.25) is 0 Å². The third-order valence-corrected chi connectivity index (χ3v) is 1.56. The molecule has 62 valence electrons. The molecule has 0 aliphatic carbocycles. The minimum atomic E-state index is -0.542. The number of hydrogen-bond acceptors (Lipinski definition) is 3. The highest BCUT2D eigenvalue weighted by Gasteiger charge is 2.15. The maximum atomic E-state index is 8.99. The second-order valence-corrected chi connectivity index (χ2v) is 2.77. The third-order valence-electron chi connectivity index (χ3n) is 1.56. The highest BCUT2D eigenvalue weighted by Crippen LogP contribution is 2.10. The van der Waals surface area contributed by atoms with Gasteiger partial charge in [-0.1, -0.05) is 0 Å². The average molecular weight is 148 g/mol. The Labute approximate surface area is 61.3 Å². The largest absolute Gasteiger partial charge is 0.396 e. The molecule has 0 rings (SSSR count). The Kier molecular flexibility index (Phi) is 4.60. The van der Waals surface area contributed by atoms with E-state index in [-0.39, 0.29) is 12.5 Å². The van der Waals surface area contributed by atoms with E-state index in [1.165, 1.54) is 0 Å². The van der Waals surface area contributed by atoms with Gasteiger partial charge >= 0.3 is 0 Å². The molecular weight excluding hydrogens is 132 g/mol. The Balaban J connectivity index is 3.60. The Morgan fingerprint density at radius 3 is 1.80 bits per heavy atom. The van der Waals surface area contributed by atoms with Gasteiger partial charge in [0, 0.05) is 12.5 Å². The van der Waals surface area contributed by atoms with Crippen LogP contribution >= 0.6 is 0 Å². The summed E-state index contributed by atoms with van der Waals surface area (Å²) in [6.07, 6.45) is -0.542. The molecule has 0 saturated heterocycles. The maximum Gasteiger partial charge on any atom is 0.0563 e. The van der Waals surface area contributed by atoms with Crippen molar-refractivity contribution in [2.24, 2.45) is 5.92 Å². The van der Waals surface area contributed by atoms with Crippen molar-refractivity contribution in [2.75, 3.05) is 6.61 Å². The van der Waals surface area contributed by atoms with Crippen molar-refractivity contribution in [3.8, 4) is 0 Å². The molecule has 3 unspecified atom stereocenters. The van der Waals surface area contributed by atoms with Crippen LogP contribution in [0.2, 0.25) is 0 Å². The smallest absolute Gasteiger partial charge is 0.0563 e. The zero-order valence-electron chi connectivity index (χ0n) is 6.49. The zero-order valence-corrected chi connectivity index (χ0v) is 6.49. The van der Waals surface area contributed by atoms with Crippen LogP contribution in [0.1, 0.15) is 20.3 Å². The SMILES string of the molecule is CC(O)CC(CO)C(C)O. The fraction of sp³-hybridized carbons (Fsp3) is 1.00. The average Bonchev–Trinajstić information content (AvgIpc) is 1.81. The molecule has 0 amide bonds. The first-order valence-corrected chi connectivity index (χ1v) is 3.55. The first-order valence-electron chi connectivity index (χ1n) is 3.55. The fourth-order valence-corrected chi connectivity index (χ4v) is 0.862. The van der Waals surface area contributed by atoms with E-state index < -0.39 is 12.2 Å². The van der Waals surface area contributed by atoms with E-state index in [1.54, 1.807) is 13.8 Å². The second kappa shape index (κ2) is 4.66. The van der Waals surface area contributed by atoms with Crippen molar-refractivity contribution in [3.05, 3.63) is 0 Å². The molecule has 3 heteroatoms. The number of rotatable bonds is 4. The molecule has 10 heavy (non-hydrogen) atoms. The first-order chi connectivity index (χ1) is 4.57. The van der Waals surface area contributed by atoms with Gasteiger partial charge in [-0.2, -0.15) is 0 Å². The lowest BCUT2D eigenvalue weighted by atomic mass is 9.98. The summed E-state index contributed by atoms with van der Waals surface area (Å²) in [7, 11) is 0. The van der Waals surface area contributed by atoms with Crippen LogP contribution in [0.15, 0.2) is 0 Å². The van der Waals surface area contributed by atoms with E-state index in [0.717, 1.165) is 0 Å². The van der Waals surface area contributed by atoms with Crippen LogP contribution in [0.25, 0.3) is 0 Å². The van der Waals surface area contributed by atoms with E-state index >= 15 is 0 Å². The summed E-state index contributed by atoms with van der Waals surface area (Å²) in [5.74, 6) is -0.194. The Bertz CT molecular complexity index is 80.9. The second-order valence-electron chi connectivity index (χ2n) is 2.77. The maximum absolute atomic E-state index is 8.99. The highest BCUT2D eigenvalue weighted by molar-refractivity contribution is 4.65. The van der Waals surface area contributed by atoms with Crippen LogP contribution in [-0.2, 0) is 0 Å². The van der Waals surface area contributed by atoms with Gasteiger partial charge in [0.05, 0.1) is 12.2 Å². The quantitative estimate of drug-likeness (QED) is 0.515. The molecule has 0 spiro atoms. The molecule has 3 atom stereocenters. The Morgan fingerprint density at radius 1 is 1.20 bits per heavy atom. The van der Waals surface area contributed by atoms with Crippen LogP contribution in [0.3, 0.4) is 0 Å². The van der Waals surface area contributed by atoms with Gasteiger partial charge in [-0.05, 0) is 20.3 Å². The molecule has 0 fully saturated rings. The lowest BCUT2D eigenvalue weighted by Gasteiger charge is -2.18. The van der Waals surface area contributed by atoms with Crippen molar-refractivity contribution in [1.29, 1.82) is 0 Å². The van der Waals surface area contributed by atoms with Crippen molar-refractivity contribution >= 4 is 0 Å². The highest BCUT2D eigenvalue weighted by atomic mass is 16.3. The molecule has 0 aromatic carbocycles. The standard InChI is InChI=1S/C7H16O3/c1-5(9)3-7(4-8)6(2)10/h5-10H,3-4H2,1-2H3. The normalized spacial score (nSPS) is 20.1. The summed E-state index contributed by atoms with van der Waals surface area (Å²) in [5, 5.41) is 26.5. The molecule has 0 aliphatic rings. The summed E-state index contributed by atoms with van der Waals surface area (Å²) >= 11 is 0. The van der Waals surface area contributed by atoms with Gasteiger partial charge in [-0.15, -0.1) is 0 Å². The topological polar surface area (TPSA) is 60.7 Å². The molecule has 3 N–H and O–H groups in total. The van der Waals surface area contributed by atoms with E-state index in [2.05, 4.69) is 0 Å². The van der Waals surface area contributed by atoms with Gasteiger partial charge in [0.1, 0.15) is 0 Å². The van der Waals surface area contributed by atoms with Crippen LogP contribution in [0, 0.1) is 5.92 Å². The number of aliphatic hydroxyl groups is 3. The van der Waals surface area contributed by atoms with E-state index in [1.807, 2.05) is 0 Å². The van der Waals surface area contributed by atoms with Crippen LogP contribution in [-0.4, -0.2) is 34.1 Å². The van der Waals surface area contributed by atoms with Gasteiger partial charge in [0.25, 0.3) is 0 Å². The molecule has 0 saturated carbocycles. The summed E-state index contributed by atoms with van der Waals surface area (Å²) in [5.41, 5.74) is 0. The molecule has 0 aromatic heterocycles. The Morgan fingerprint density at radius 2 is 1.70 bits per heavy atom. The van der Waals surface area contributed by atoms with Gasteiger partial charge < -0.3 is 15.3 Å². The summed E-state index contributed by atoms with van der Waals surface area (Å²) in [4.78, 5) is 0. The molecule has 0 radical (unpaired) electrons. The number of hydrogen-bond donors (Lipinski definition) is 3. The van der Waals surface area contributed by atoms with Crippen molar-refractivity contribution in [3.63, 3.8) is 0 Å². The fourth-order valence-electron chi connectivity index (χ4n) is 0.862. The van der Waals surface area contributed by atoms with E-state index in [4.69, 9.17) is 15.3 Å². The molecule has 0 aromatic rings. The van der Waals surface area contributed by atoms with Crippen molar-refractivity contribution in [1.82, 2.24) is 0 Å². The van der Waals surface area contributed by atoms with Gasteiger partial charge in [-0.25, -0.2) is 0 Å². The van der Waals surface area contributed by atoms with Crippen molar-refractivity contribution < 1.29 is 15.3 Å². The summed E-state index contributed by atoms with van der Waals surface area (Å²) in [6.45, 7) is 3.19. The van der Waals surface area contributed by atoms with Crippen LogP contribution in [0.4, 0.5) is 0 Å². The van der Waals surface area contributed by atoms with Crippen LogP contribution in [0.5, 0.6) is 0 Å². The molecule has 0 aliphatic heterocycles. The Hall–Kier alpha value is -0.120. The summed E-state index contributed by atoms with van der Waals surface area (Å²) in [6, 6.07) is 0. The monoisotopic (exact) mass is 148 g/mol. The molecule has 0 heterocycles. The number of aliphatic hydroxyl groups excluding tert-OH is 3. The molecular formula is C7H16O3. The lowest BCUT2D eigenvalue weighted by molar-refractivity contribution is 0.0448. The minimum absolute atomic E-state index is 0.0669. The third kappa shape index (κ3) is 3.82. The zero-order chi connectivity index (χ0) is 8.15. The molecule has 3 nitrogen and oxygen atoms in total. The van der Waals surface area contributed by atoms with E-state index in [0.29, 0.717) is 6.42 Å². The van der Waals surface area contributed by atoms with Gasteiger partial charge in [0.15, 0.2) is 0 Å². The van der Waals surface area contributed by atoms with E-state index in [9.17, 15) is 0 Å².